The molecule has 1 aliphatic carbocycles. The molecule has 1 aliphatic heterocycles. The lowest BCUT2D eigenvalue weighted by atomic mass is 10.1. The molecule has 0 saturated carbocycles. The minimum absolute atomic E-state index is 0.0868. The molecule has 3 rings (SSSR count). The number of rotatable bonds is 0. The van der Waals surface area contributed by atoms with E-state index in [0.29, 0.717) is 11.4 Å². The first kappa shape index (κ1) is 12.3. The van der Waals surface area contributed by atoms with E-state index in [1.54, 1.807) is 18.2 Å². The quantitative estimate of drug-likeness (QED) is 0.560. The van der Waals surface area contributed by atoms with Crippen LogP contribution >= 0.6 is 0 Å². The van der Waals surface area contributed by atoms with Gasteiger partial charge >= 0.3 is 0 Å². The lowest BCUT2D eigenvalue weighted by Gasteiger charge is -2.13. The van der Waals surface area contributed by atoms with Crippen molar-refractivity contribution >= 4 is 17.1 Å². The minimum atomic E-state index is -0.370. The van der Waals surface area contributed by atoms with Gasteiger partial charge in [0, 0.05) is 6.08 Å². The third-order valence-electron chi connectivity index (χ3n) is 3.52. The molecule has 0 fully saturated rings. The molecular formula is C15H14N3O2-. The highest BCUT2D eigenvalue weighted by atomic mass is 16.8. The average molecular weight is 268 g/mol. The Bertz CT molecular complexity index is 675. The van der Waals surface area contributed by atoms with E-state index in [9.17, 15) is 10.4 Å². The Morgan fingerprint density at radius 2 is 1.45 bits per heavy atom. The Kier molecular flexibility index (Phi) is 2.75. The second kappa shape index (κ2) is 4.45. The highest BCUT2D eigenvalue weighted by molar-refractivity contribution is 6.10. The zero-order valence-corrected chi connectivity index (χ0v) is 11.2. The fourth-order valence-corrected chi connectivity index (χ4v) is 2.30. The summed E-state index contributed by atoms with van der Waals surface area (Å²) in [4.78, 5) is -0.370. The fraction of sp³-hybridized carbons (Fsp3) is 0.133. The molecule has 0 aromatic heterocycles. The molecule has 2 N–H and O–H groups in total. The molecule has 0 bridgehead atoms. The van der Waals surface area contributed by atoms with Gasteiger partial charge in [-0.25, -0.2) is 0 Å². The molecule has 1 aromatic rings. The summed E-state index contributed by atoms with van der Waals surface area (Å²) < 4.78 is 0. The van der Waals surface area contributed by atoms with Crippen LogP contribution in [-0.4, -0.2) is 10.6 Å². The van der Waals surface area contributed by atoms with Gasteiger partial charge in [-0.1, -0.05) is 12.2 Å². The third kappa shape index (κ3) is 1.93. The van der Waals surface area contributed by atoms with Crippen LogP contribution in [0.3, 0.4) is 0 Å². The van der Waals surface area contributed by atoms with Gasteiger partial charge in [0.05, 0.1) is 16.9 Å². The van der Waals surface area contributed by atoms with Crippen LogP contribution in [0.4, 0.5) is 11.4 Å². The molecule has 102 valence electrons. The average Bonchev–Trinajstić information content (AvgIpc) is 2.82. The van der Waals surface area contributed by atoms with Crippen LogP contribution < -0.4 is 10.6 Å². The van der Waals surface area contributed by atoms with E-state index in [2.05, 4.69) is 10.6 Å². The van der Waals surface area contributed by atoms with E-state index in [-0.39, 0.29) is 10.6 Å². The summed E-state index contributed by atoms with van der Waals surface area (Å²) in [6.07, 6.45) is 6.70. The van der Waals surface area contributed by atoms with E-state index >= 15 is 0 Å². The summed E-state index contributed by atoms with van der Waals surface area (Å²) in [7, 11) is 0. The summed E-state index contributed by atoms with van der Waals surface area (Å²) in [5.74, 6) is 0.650. The topological polar surface area (TPSA) is 73.2 Å². The van der Waals surface area contributed by atoms with E-state index in [0.717, 1.165) is 11.4 Å². The summed E-state index contributed by atoms with van der Waals surface area (Å²) in [6, 6.07) is 4.08. The number of allylic oxidation sites excluding steroid dienone is 5. The van der Waals surface area contributed by atoms with E-state index in [4.69, 9.17) is 0 Å². The molecule has 20 heavy (non-hydrogen) atoms. The van der Waals surface area contributed by atoms with Crippen molar-refractivity contribution in [1.29, 1.82) is 0 Å². The monoisotopic (exact) mass is 268 g/mol. The molecule has 0 atom stereocenters. The molecule has 0 saturated heterocycles. The molecule has 0 spiro atoms. The number of nitrogens with one attached hydrogen (secondary N) is 2. The van der Waals surface area contributed by atoms with Crippen molar-refractivity contribution in [2.45, 2.75) is 13.8 Å². The van der Waals surface area contributed by atoms with Gasteiger partial charge in [-0.05, 0) is 43.2 Å². The van der Waals surface area contributed by atoms with Crippen LogP contribution in [0.2, 0.25) is 0 Å². The van der Waals surface area contributed by atoms with Crippen molar-refractivity contribution in [1.82, 2.24) is 0 Å². The standard InChI is InChI=1S/C15H14N3O2/c1-9-7-12-13(8-10(9)2)17-15(16-12)11-5-3-4-6-14(11)18(19)20/h3-8,16-17H,1-2H3/q-1. The largest absolute Gasteiger partial charge is 0.612 e. The van der Waals surface area contributed by atoms with Crippen molar-refractivity contribution < 1.29 is 4.90 Å². The molecule has 1 heterocycles. The van der Waals surface area contributed by atoms with Gasteiger partial charge in [0.2, 0.25) is 5.71 Å². The van der Waals surface area contributed by atoms with Crippen molar-refractivity contribution in [3.05, 3.63) is 69.4 Å². The van der Waals surface area contributed by atoms with Gasteiger partial charge in [0.15, 0.2) is 0 Å². The number of benzene rings is 1. The molecular weight excluding hydrogens is 254 g/mol. The molecule has 0 radical (unpaired) electrons. The lowest BCUT2D eigenvalue weighted by Crippen LogP contribution is -2.17. The Balaban J connectivity index is 2.06. The highest BCUT2D eigenvalue weighted by Crippen LogP contribution is 2.34. The van der Waals surface area contributed by atoms with E-state index in [1.807, 2.05) is 26.0 Å². The molecule has 1 aromatic carbocycles. The Labute approximate surface area is 116 Å². The predicted molar refractivity (Wildman–Crippen MR) is 80.5 cm³/mol. The predicted octanol–water partition coefficient (Wildman–Crippen LogP) is 2.93. The smallest absolute Gasteiger partial charge is 0.233 e. The maximum Gasteiger partial charge on any atom is 0.233 e. The first-order valence-electron chi connectivity index (χ1n) is 6.32. The second-order valence-electron chi connectivity index (χ2n) is 4.88. The van der Waals surface area contributed by atoms with Crippen LogP contribution in [0.5, 0.6) is 0 Å². The minimum Gasteiger partial charge on any atom is -0.612 e. The van der Waals surface area contributed by atoms with Crippen LogP contribution in [0.1, 0.15) is 11.1 Å². The Morgan fingerprint density at radius 3 is 2.00 bits per heavy atom. The van der Waals surface area contributed by atoms with E-state index in [1.165, 1.54) is 17.2 Å². The number of hydrogen-bond acceptors (Lipinski definition) is 4. The number of nitrogens with zero attached hydrogens (tertiary/aromatic N) is 1. The molecule has 5 heteroatoms. The van der Waals surface area contributed by atoms with Gasteiger partial charge in [-0.2, -0.15) is 4.90 Å². The number of anilines is 2. The highest BCUT2D eigenvalue weighted by Gasteiger charge is 2.22. The normalized spacial score (nSPS) is 16.0. The summed E-state index contributed by atoms with van der Waals surface area (Å²) >= 11 is 0. The Morgan fingerprint density at radius 1 is 0.900 bits per heavy atom. The van der Waals surface area contributed by atoms with Gasteiger partial charge < -0.3 is 21.0 Å². The summed E-state index contributed by atoms with van der Waals surface area (Å²) in [5.41, 5.74) is 4.90. The van der Waals surface area contributed by atoms with Gasteiger partial charge in [-0.15, -0.1) is 0 Å². The zero-order chi connectivity index (χ0) is 14.3. The maximum atomic E-state index is 11.1. The molecule has 0 amide bonds. The number of hydrogen-bond donors (Lipinski definition) is 2. The van der Waals surface area contributed by atoms with Crippen molar-refractivity contribution in [3.8, 4) is 0 Å². The maximum absolute atomic E-state index is 11.1. The van der Waals surface area contributed by atoms with Crippen molar-refractivity contribution in [3.63, 3.8) is 0 Å². The van der Waals surface area contributed by atoms with Crippen LogP contribution in [0.15, 0.2) is 47.8 Å². The first-order chi connectivity index (χ1) is 9.56. The van der Waals surface area contributed by atoms with Crippen molar-refractivity contribution in [2.75, 3.05) is 10.6 Å². The van der Waals surface area contributed by atoms with Crippen LogP contribution in [0.25, 0.3) is 0 Å². The number of aryl methyl sites for hydroxylation is 2. The zero-order valence-electron chi connectivity index (χ0n) is 11.2. The van der Waals surface area contributed by atoms with Crippen molar-refractivity contribution in [2.24, 2.45) is 0 Å². The first-order valence-corrected chi connectivity index (χ1v) is 6.32. The molecule has 0 unspecified atom stereocenters. The van der Waals surface area contributed by atoms with Gasteiger partial charge in [0.1, 0.15) is 5.82 Å². The summed E-state index contributed by atoms with van der Waals surface area (Å²) in [5, 5.41) is 28.6. The fourth-order valence-electron chi connectivity index (χ4n) is 2.30. The second-order valence-corrected chi connectivity index (χ2v) is 4.88. The lowest BCUT2D eigenvalue weighted by molar-refractivity contribution is -0.377. The van der Waals surface area contributed by atoms with Crippen LogP contribution in [0, 0.1) is 24.3 Å². The third-order valence-corrected chi connectivity index (χ3v) is 3.52. The molecule has 2 aliphatic rings. The van der Waals surface area contributed by atoms with E-state index < -0.39 is 0 Å². The number of fused-ring (bicyclic) bond motifs is 1. The van der Waals surface area contributed by atoms with Crippen LogP contribution in [-0.2, 0) is 0 Å². The van der Waals surface area contributed by atoms with Gasteiger partial charge in [-0.3, -0.25) is 0 Å². The summed E-state index contributed by atoms with van der Waals surface area (Å²) in [6.45, 7) is 4.08. The Hall–Kier alpha value is -2.69. The molecule has 5 nitrogen and oxygen atoms in total. The SMILES string of the molecule is Cc1cc2c(cc1C)NC(=C1C=CC=CC1=[N+]([O-])[O-])N2. The van der Waals surface area contributed by atoms with Gasteiger partial charge in [0.25, 0.3) is 0 Å².